The molecule has 1 amide bonds. The summed E-state index contributed by atoms with van der Waals surface area (Å²) in [6.45, 7) is 5.33. The number of amides is 1. The van der Waals surface area contributed by atoms with Gasteiger partial charge in [-0.3, -0.25) is 14.2 Å². The quantitative estimate of drug-likeness (QED) is 0.559. The van der Waals surface area contributed by atoms with Crippen molar-refractivity contribution >= 4 is 38.9 Å². The van der Waals surface area contributed by atoms with Crippen molar-refractivity contribution in [3.05, 3.63) is 70.5 Å². The van der Waals surface area contributed by atoms with Gasteiger partial charge >= 0.3 is 0 Å². The molecule has 1 aromatic heterocycles. The summed E-state index contributed by atoms with van der Waals surface area (Å²) in [7, 11) is -4.39. The van der Waals surface area contributed by atoms with Crippen LogP contribution in [0.2, 0.25) is 5.02 Å². The number of rotatable bonds is 6. The van der Waals surface area contributed by atoms with E-state index >= 15 is 0 Å². The highest BCUT2D eigenvalue weighted by Gasteiger charge is 2.23. The highest BCUT2D eigenvalue weighted by atomic mass is 35.5. The Morgan fingerprint density at radius 3 is 2.48 bits per heavy atom. The molecule has 1 unspecified atom stereocenters. The number of aryl methyl sites for hydroxylation is 2. The molecule has 3 aromatic rings. The van der Waals surface area contributed by atoms with E-state index in [1.807, 2.05) is 19.9 Å². The first-order valence-corrected chi connectivity index (χ1v) is 11.0. The summed E-state index contributed by atoms with van der Waals surface area (Å²) in [5.74, 6) is -3.14. The van der Waals surface area contributed by atoms with Gasteiger partial charge in [0.2, 0.25) is 5.91 Å². The third kappa shape index (κ3) is 4.86. The fraction of sp³-hybridized carbons (Fsp3) is 0.200. The van der Waals surface area contributed by atoms with Gasteiger partial charge in [0.05, 0.1) is 22.1 Å². The van der Waals surface area contributed by atoms with Crippen molar-refractivity contribution in [2.45, 2.75) is 31.7 Å². The standard InChI is InChI=1S/C20H19ClF2N4O3S/c1-11-9-12(2)27(25-11)13(3)20(28)24-17-8-7-14(10-15(17)21)26-31(29,30)18-6-4-5-16(22)19(18)23/h4-10,13,26H,1-3H3,(H,24,28). The fourth-order valence-corrected chi connectivity index (χ4v) is 4.33. The van der Waals surface area contributed by atoms with Crippen molar-refractivity contribution in [2.75, 3.05) is 10.0 Å². The van der Waals surface area contributed by atoms with Crippen LogP contribution in [0.1, 0.15) is 24.4 Å². The molecule has 1 heterocycles. The van der Waals surface area contributed by atoms with Crippen LogP contribution in [0.3, 0.4) is 0 Å². The number of nitrogens with one attached hydrogen (secondary N) is 2. The predicted molar refractivity (Wildman–Crippen MR) is 114 cm³/mol. The van der Waals surface area contributed by atoms with Gasteiger partial charge in [-0.2, -0.15) is 5.10 Å². The molecule has 0 aliphatic rings. The number of anilines is 2. The van der Waals surface area contributed by atoms with Gasteiger partial charge in [0.1, 0.15) is 10.9 Å². The van der Waals surface area contributed by atoms with Crippen LogP contribution in [0.5, 0.6) is 0 Å². The van der Waals surface area contributed by atoms with E-state index in [0.29, 0.717) is 0 Å². The van der Waals surface area contributed by atoms with E-state index in [2.05, 4.69) is 15.1 Å². The van der Waals surface area contributed by atoms with Crippen molar-refractivity contribution in [3.63, 3.8) is 0 Å². The molecule has 0 bridgehead atoms. The molecular weight excluding hydrogens is 450 g/mol. The van der Waals surface area contributed by atoms with Crippen LogP contribution in [0.15, 0.2) is 47.4 Å². The van der Waals surface area contributed by atoms with E-state index in [-0.39, 0.29) is 22.3 Å². The molecule has 0 spiro atoms. The van der Waals surface area contributed by atoms with E-state index < -0.39 is 32.6 Å². The van der Waals surface area contributed by atoms with Crippen LogP contribution in [-0.2, 0) is 14.8 Å². The lowest BCUT2D eigenvalue weighted by molar-refractivity contribution is -0.119. The molecule has 31 heavy (non-hydrogen) atoms. The predicted octanol–water partition coefficient (Wildman–Crippen LogP) is 4.43. The molecule has 11 heteroatoms. The second kappa shape index (κ2) is 8.64. The lowest BCUT2D eigenvalue weighted by atomic mass is 10.2. The fourth-order valence-electron chi connectivity index (χ4n) is 2.97. The first-order valence-electron chi connectivity index (χ1n) is 9.09. The molecule has 7 nitrogen and oxygen atoms in total. The summed E-state index contributed by atoms with van der Waals surface area (Å²) < 4.78 is 55.7. The zero-order chi connectivity index (χ0) is 22.9. The van der Waals surface area contributed by atoms with Crippen LogP contribution >= 0.6 is 11.6 Å². The Bertz CT molecular complexity index is 1260. The maximum absolute atomic E-state index is 13.9. The third-order valence-corrected chi connectivity index (χ3v) is 6.19. The molecule has 0 radical (unpaired) electrons. The average Bonchev–Trinajstić information content (AvgIpc) is 3.03. The number of sulfonamides is 1. The lowest BCUT2D eigenvalue weighted by Gasteiger charge is -2.16. The van der Waals surface area contributed by atoms with E-state index in [9.17, 15) is 22.0 Å². The third-order valence-electron chi connectivity index (χ3n) is 4.48. The van der Waals surface area contributed by atoms with E-state index in [4.69, 9.17) is 11.6 Å². The van der Waals surface area contributed by atoms with E-state index in [1.165, 1.54) is 18.2 Å². The Kier molecular flexibility index (Phi) is 6.33. The van der Waals surface area contributed by atoms with E-state index in [1.54, 1.807) is 11.6 Å². The van der Waals surface area contributed by atoms with Gasteiger partial charge in [-0.25, -0.2) is 17.2 Å². The van der Waals surface area contributed by atoms with Crippen molar-refractivity contribution in [1.82, 2.24) is 9.78 Å². The first kappa shape index (κ1) is 22.7. The number of hydrogen-bond acceptors (Lipinski definition) is 4. The highest BCUT2D eigenvalue weighted by molar-refractivity contribution is 7.92. The smallest absolute Gasteiger partial charge is 0.264 e. The van der Waals surface area contributed by atoms with Gasteiger partial charge < -0.3 is 5.32 Å². The van der Waals surface area contributed by atoms with E-state index in [0.717, 1.165) is 29.6 Å². The normalized spacial score (nSPS) is 12.5. The average molecular weight is 469 g/mol. The Labute approximate surface area is 183 Å². The Morgan fingerprint density at radius 1 is 1.16 bits per heavy atom. The number of hydrogen-bond donors (Lipinski definition) is 2. The van der Waals surface area contributed by atoms with Crippen LogP contribution < -0.4 is 10.0 Å². The summed E-state index contributed by atoms with van der Waals surface area (Å²) in [5.41, 5.74) is 1.86. The zero-order valence-electron chi connectivity index (χ0n) is 16.8. The van der Waals surface area contributed by atoms with Gasteiger partial charge in [-0.05, 0) is 57.2 Å². The number of aromatic nitrogens is 2. The highest BCUT2D eigenvalue weighted by Crippen LogP contribution is 2.28. The molecular formula is C20H19ClF2N4O3S. The lowest BCUT2D eigenvalue weighted by Crippen LogP contribution is -2.25. The molecule has 0 saturated carbocycles. The van der Waals surface area contributed by atoms with Gasteiger partial charge in [-0.1, -0.05) is 17.7 Å². The maximum atomic E-state index is 13.9. The van der Waals surface area contributed by atoms with Gasteiger partial charge in [0.25, 0.3) is 10.0 Å². The van der Waals surface area contributed by atoms with Crippen molar-refractivity contribution in [2.24, 2.45) is 0 Å². The minimum Gasteiger partial charge on any atom is -0.323 e. The number of benzene rings is 2. The molecule has 2 aromatic carbocycles. The number of halogens is 3. The molecule has 0 saturated heterocycles. The van der Waals surface area contributed by atoms with Crippen molar-refractivity contribution in [1.29, 1.82) is 0 Å². The number of carbonyl (C=O) groups is 1. The summed E-state index contributed by atoms with van der Waals surface area (Å²) in [6.07, 6.45) is 0. The topological polar surface area (TPSA) is 93.1 Å². The maximum Gasteiger partial charge on any atom is 0.264 e. The minimum atomic E-state index is -4.39. The van der Waals surface area contributed by atoms with Gasteiger partial charge in [0.15, 0.2) is 11.6 Å². The second-order valence-electron chi connectivity index (χ2n) is 6.89. The summed E-state index contributed by atoms with van der Waals surface area (Å²) in [4.78, 5) is 11.7. The summed E-state index contributed by atoms with van der Waals surface area (Å²) in [5, 5.41) is 7.00. The molecule has 1 atom stereocenters. The Balaban J connectivity index is 1.78. The molecule has 0 aliphatic carbocycles. The molecule has 164 valence electrons. The monoisotopic (exact) mass is 468 g/mol. The van der Waals surface area contributed by atoms with Crippen LogP contribution in [0.25, 0.3) is 0 Å². The second-order valence-corrected chi connectivity index (χ2v) is 8.95. The molecule has 0 aliphatic heterocycles. The van der Waals surface area contributed by atoms with Crippen LogP contribution in [0, 0.1) is 25.5 Å². The number of nitrogens with zero attached hydrogens (tertiary/aromatic N) is 2. The molecule has 2 N–H and O–H groups in total. The number of carbonyl (C=O) groups excluding carboxylic acids is 1. The largest absolute Gasteiger partial charge is 0.323 e. The molecule has 3 rings (SSSR count). The van der Waals surface area contributed by atoms with Gasteiger partial charge in [0, 0.05) is 5.69 Å². The first-order chi connectivity index (χ1) is 14.5. The SMILES string of the molecule is Cc1cc(C)n(C(C)C(=O)Nc2ccc(NS(=O)(=O)c3cccc(F)c3F)cc2Cl)n1. The Hall–Kier alpha value is -2.98. The van der Waals surface area contributed by atoms with Crippen molar-refractivity contribution < 1.29 is 22.0 Å². The minimum absolute atomic E-state index is 0.0123. The van der Waals surface area contributed by atoms with Crippen LogP contribution in [-0.4, -0.2) is 24.1 Å². The summed E-state index contributed by atoms with van der Waals surface area (Å²) in [6, 6.07) is 8.06. The summed E-state index contributed by atoms with van der Waals surface area (Å²) >= 11 is 6.18. The molecule has 0 fully saturated rings. The van der Waals surface area contributed by atoms with Crippen molar-refractivity contribution in [3.8, 4) is 0 Å². The van der Waals surface area contributed by atoms with Crippen LogP contribution in [0.4, 0.5) is 20.2 Å². The van der Waals surface area contributed by atoms with Gasteiger partial charge in [-0.15, -0.1) is 0 Å². The Morgan fingerprint density at radius 2 is 1.87 bits per heavy atom. The zero-order valence-corrected chi connectivity index (χ0v) is 18.4.